The fourth-order valence-corrected chi connectivity index (χ4v) is 6.41. The molecular weight excluding hydrogens is 582 g/mol. The third-order valence-electron chi connectivity index (χ3n) is 7.82. The van der Waals surface area contributed by atoms with E-state index < -0.39 is 33.6 Å². The summed E-state index contributed by atoms with van der Waals surface area (Å²) in [5, 5.41) is -0.0755. The Morgan fingerprint density at radius 2 is 1.95 bits per heavy atom. The fraction of sp³-hybridized carbons (Fsp3) is 0.250. The molecule has 2 N–H and O–H groups in total. The molecule has 3 aromatic carbocycles. The number of nitrogens with zero attached hydrogens (tertiary/aromatic N) is 1. The minimum Gasteiger partial charge on any atom is -0.493 e. The largest absolute Gasteiger partial charge is 0.493 e. The highest BCUT2D eigenvalue weighted by Gasteiger charge is 2.38. The molecule has 0 radical (unpaired) electrons. The summed E-state index contributed by atoms with van der Waals surface area (Å²) in [7, 11) is 0. The number of nitrogens with one attached hydrogen (secondary N) is 2. The van der Waals surface area contributed by atoms with Gasteiger partial charge in [0.15, 0.2) is 11.6 Å². The van der Waals surface area contributed by atoms with Crippen molar-refractivity contribution in [1.29, 1.82) is 0 Å². The van der Waals surface area contributed by atoms with Gasteiger partial charge in [0.05, 0.1) is 29.2 Å². The van der Waals surface area contributed by atoms with E-state index >= 15 is 8.78 Å². The zero-order valence-corrected chi connectivity index (χ0v) is 24.1. The van der Waals surface area contributed by atoms with Crippen LogP contribution in [0.2, 0.25) is 0 Å². The number of para-hydroxylation sites is 1. The van der Waals surface area contributed by atoms with Gasteiger partial charge in [0.25, 0.3) is 0 Å². The van der Waals surface area contributed by atoms with Crippen LogP contribution in [-0.2, 0) is 21.4 Å². The molecule has 0 aliphatic carbocycles. The first-order valence-corrected chi connectivity index (χ1v) is 14.6. The van der Waals surface area contributed by atoms with Crippen LogP contribution in [0.5, 0.6) is 5.75 Å². The smallest absolute Gasteiger partial charge is 0.306 e. The number of halogens is 4. The molecule has 3 heterocycles. The Morgan fingerprint density at radius 3 is 2.77 bits per heavy atom. The van der Waals surface area contributed by atoms with Crippen LogP contribution in [0.15, 0.2) is 64.6 Å². The minimum atomic E-state index is -1.32. The number of hydrogen-bond donors (Lipinski definition) is 2. The molecule has 0 amide bonds. The van der Waals surface area contributed by atoms with Gasteiger partial charge >= 0.3 is 5.97 Å². The van der Waals surface area contributed by atoms with Crippen molar-refractivity contribution in [1.82, 2.24) is 15.0 Å². The van der Waals surface area contributed by atoms with Crippen molar-refractivity contribution in [3.05, 3.63) is 94.9 Å². The van der Waals surface area contributed by atoms with Gasteiger partial charge in [-0.25, -0.2) is 22.5 Å². The van der Waals surface area contributed by atoms with Crippen LogP contribution in [-0.4, -0.2) is 34.1 Å². The number of carbonyl (C=O) groups is 1. The van der Waals surface area contributed by atoms with Crippen LogP contribution in [0.3, 0.4) is 0 Å². The number of ether oxygens (including phenoxy) is 2. The number of aryl methyl sites for hydroxylation is 1. The number of H-pyrrole nitrogens is 2. The fourth-order valence-electron chi connectivity index (χ4n) is 5.49. The summed E-state index contributed by atoms with van der Waals surface area (Å²) in [4.78, 5) is 21.9. The number of hydrogen-bond acceptors (Lipinski definition) is 5. The first-order chi connectivity index (χ1) is 20.7. The van der Waals surface area contributed by atoms with Crippen LogP contribution < -0.4 is 4.74 Å². The number of fused-ring (bicyclic) bond motifs is 2. The third kappa shape index (κ3) is 5.15. The molecule has 0 spiro atoms. The zero-order chi connectivity index (χ0) is 30.3. The number of imidazole rings is 1. The van der Waals surface area contributed by atoms with E-state index in [9.17, 15) is 13.6 Å². The molecule has 43 heavy (non-hydrogen) atoms. The van der Waals surface area contributed by atoms with Crippen LogP contribution in [0, 0.1) is 23.3 Å². The Morgan fingerprint density at radius 1 is 1.12 bits per heavy atom. The monoisotopic (exact) mass is 609 g/mol. The van der Waals surface area contributed by atoms with Gasteiger partial charge in [0.2, 0.25) is 0 Å². The Labute approximate surface area is 248 Å². The van der Waals surface area contributed by atoms with Crippen LogP contribution in [0.1, 0.15) is 43.5 Å². The number of rotatable bonds is 8. The van der Waals surface area contributed by atoms with Gasteiger partial charge in [-0.1, -0.05) is 30.0 Å². The van der Waals surface area contributed by atoms with Crippen molar-refractivity contribution < 1.29 is 31.8 Å². The quantitative estimate of drug-likeness (QED) is 0.106. The van der Waals surface area contributed by atoms with Crippen LogP contribution in [0.25, 0.3) is 22.3 Å². The molecule has 6 nitrogen and oxygen atoms in total. The molecule has 0 fully saturated rings. The Hall–Kier alpha value is -4.25. The van der Waals surface area contributed by atoms with Gasteiger partial charge < -0.3 is 19.4 Å². The second kappa shape index (κ2) is 11.4. The number of benzene rings is 3. The normalized spacial score (nSPS) is 16.2. The lowest BCUT2D eigenvalue weighted by Gasteiger charge is -2.36. The lowest BCUT2D eigenvalue weighted by Crippen LogP contribution is -2.32. The molecule has 6 rings (SSSR count). The molecule has 0 unspecified atom stereocenters. The zero-order valence-electron chi connectivity index (χ0n) is 23.3. The molecule has 222 valence electrons. The average molecular weight is 610 g/mol. The molecule has 1 aliphatic heterocycles. The van der Waals surface area contributed by atoms with E-state index in [0.29, 0.717) is 48.5 Å². The maximum absolute atomic E-state index is 15.1. The van der Waals surface area contributed by atoms with Gasteiger partial charge in [-0.3, -0.25) is 4.79 Å². The summed E-state index contributed by atoms with van der Waals surface area (Å²) >= 11 is 0.665. The predicted octanol–water partition coefficient (Wildman–Crippen LogP) is 7.85. The summed E-state index contributed by atoms with van der Waals surface area (Å²) < 4.78 is 70.6. The maximum Gasteiger partial charge on any atom is 0.306 e. The number of aromatic amines is 2. The topological polar surface area (TPSA) is 80.0 Å². The van der Waals surface area contributed by atoms with Crippen molar-refractivity contribution in [2.24, 2.45) is 0 Å². The summed E-state index contributed by atoms with van der Waals surface area (Å²) in [6, 6.07) is 11.1. The van der Waals surface area contributed by atoms with Crippen LogP contribution >= 0.6 is 11.8 Å². The Bertz CT molecular complexity index is 1850. The number of aromatic nitrogens is 3. The van der Waals surface area contributed by atoms with E-state index in [2.05, 4.69) is 15.0 Å². The number of esters is 1. The molecule has 0 saturated heterocycles. The van der Waals surface area contributed by atoms with E-state index in [1.807, 2.05) is 25.1 Å². The molecule has 5 aromatic rings. The van der Waals surface area contributed by atoms with Gasteiger partial charge in [-0.15, -0.1) is 0 Å². The van der Waals surface area contributed by atoms with E-state index in [0.717, 1.165) is 16.8 Å². The summed E-state index contributed by atoms with van der Waals surface area (Å²) in [6.07, 6.45) is 4.28. The Balaban J connectivity index is 1.31. The summed E-state index contributed by atoms with van der Waals surface area (Å²) in [5.74, 6) is -3.34. The van der Waals surface area contributed by atoms with E-state index in [4.69, 9.17) is 9.47 Å². The van der Waals surface area contributed by atoms with E-state index in [1.54, 1.807) is 13.1 Å². The standard InChI is InChI=1S/C32H27F4N3O3S/c1-3-41-24(40)10-7-17-5-4-6-21-29(17)42-14-12-32(21,2)23-16-38-31(39-23)20-15-18(8-9-22(20)33)43-30-25(34)19-11-13-37-28(19)26(35)27(30)36/h4-6,8-9,11,13,15-16,37H,3,7,10,12,14H2,1-2H3,(H,38,39)/t32-/m1/s1. The van der Waals surface area contributed by atoms with Gasteiger partial charge in [-0.05, 0) is 56.5 Å². The van der Waals surface area contributed by atoms with Crippen molar-refractivity contribution in [3.63, 3.8) is 0 Å². The number of carbonyl (C=O) groups excluding carboxylic acids is 1. The lowest BCUT2D eigenvalue weighted by molar-refractivity contribution is -0.143. The highest BCUT2D eigenvalue weighted by Crippen LogP contribution is 2.45. The first kappa shape index (κ1) is 28.9. The van der Waals surface area contributed by atoms with Gasteiger partial charge in [0, 0.05) is 45.8 Å². The molecule has 11 heteroatoms. The second-order valence-electron chi connectivity index (χ2n) is 10.5. The molecule has 0 bridgehead atoms. The third-order valence-corrected chi connectivity index (χ3v) is 8.87. The predicted molar refractivity (Wildman–Crippen MR) is 154 cm³/mol. The molecular formula is C32H27F4N3O3S. The lowest BCUT2D eigenvalue weighted by atomic mass is 9.74. The van der Waals surface area contributed by atoms with Crippen molar-refractivity contribution in [3.8, 4) is 17.1 Å². The van der Waals surface area contributed by atoms with Crippen molar-refractivity contribution in [2.75, 3.05) is 13.2 Å². The van der Waals surface area contributed by atoms with Crippen molar-refractivity contribution >= 4 is 28.6 Å². The first-order valence-electron chi connectivity index (χ1n) is 13.8. The molecule has 1 aliphatic rings. The minimum absolute atomic E-state index is 0.0755. The summed E-state index contributed by atoms with van der Waals surface area (Å²) in [5.41, 5.74) is 1.81. The highest BCUT2D eigenvalue weighted by molar-refractivity contribution is 7.99. The highest BCUT2D eigenvalue weighted by atomic mass is 32.2. The maximum atomic E-state index is 15.1. The molecule has 0 saturated carbocycles. The second-order valence-corrected chi connectivity index (χ2v) is 11.5. The van der Waals surface area contributed by atoms with Gasteiger partial charge in [-0.2, -0.15) is 0 Å². The van der Waals surface area contributed by atoms with Crippen LogP contribution in [0.4, 0.5) is 17.6 Å². The van der Waals surface area contributed by atoms with E-state index in [-0.39, 0.29) is 34.7 Å². The SMILES string of the molecule is CCOC(=O)CCc1cccc2c1OCC[C@@]2(C)c1cnc(-c2cc(Sc3c(F)c(F)c4[nH]ccc4c3F)ccc2F)[nH]1. The Kier molecular flexibility index (Phi) is 7.68. The van der Waals surface area contributed by atoms with Gasteiger partial charge in [0.1, 0.15) is 23.2 Å². The van der Waals surface area contributed by atoms with E-state index in [1.165, 1.54) is 30.5 Å². The van der Waals surface area contributed by atoms with Crippen molar-refractivity contribution in [2.45, 2.75) is 48.3 Å². The average Bonchev–Trinajstić information content (AvgIpc) is 3.70. The molecule has 1 atom stereocenters. The summed E-state index contributed by atoms with van der Waals surface area (Å²) in [6.45, 7) is 4.55. The molecule has 2 aromatic heterocycles.